The van der Waals surface area contributed by atoms with Crippen molar-refractivity contribution in [3.8, 4) is 0 Å². The van der Waals surface area contributed by atoms with Crippen LogP contribution in [0.25, 0.3) is 0 Å². The molecule has 0 aliphatic carbocycles. The maximum Gasteiger partial charge on any atom is 0.410 e. The molecule has 22 heavy (non-hydrogen) atoms. The molecule has 1 saturated heterocycles. The third kappa shape index (κ3) is 3.69. The molecule has 1 aromatic rings. The van der Waals surface area contributed by atoms with E-state index in [2.05, 4.69) is 9.97 Å². The Balaban J connectivity index is 1.99. The number of nitrogen functional groups attached to an aromatic ring is 2. The fourth-order valence-electron chi connectivity index (χ4n) is 2.15. The topological polar surface area (TPSA) is 111 Å². The number of carbonyl (C=O) groups is 1. The number of piperazine rings is 1. The lowest BCUT2D eigenvalue weighted by Gasteiger charge is -2.35. The molecular weight excluding hydrogens is 284 g/mol. The molecule has 0 saturated carbocycles. The number of aromatic nitrogens is 2. The van der Waals surface area contributed by atoms with Gasteiger partial charge in [-0.2, -0.15) is 4.98 Å². The van der Waals surface area contributed by atoms with Crippen LogP contribution in [0.2, 0.25) is 0 Å². The summed E-state index contributed by atoms with van der Waals surface area (Å²) in [5.41, 5.74) is 12.1. The Kier molecular flexibility index (Phi) is 4.30. The van der Waals surface area contributed by atoms with Crippen molar-refractivity contribution in [3.05, 3.63) is 5.69 Å². The number of anilines is 3. The van der Waals surface area contributed by atoms with Crippen LogP contribution in [0.5, 0.6) is 0 Å². The van der Waals surface area contributed by atoms with Crippen molar-refractivity contribution in [2.75, 3.05) is 42.5 Å². The van der Waals surface area contributed by atoms with Gasteiger partial charge < -0.3 is 26.0 Å². The quantitative estimate of drug-likeness (QED) is 0.796. The second-order valence-electron chi connectivity index (χ2n) is 6.36. The Labute approximate surface area is 130 Å². The van der Waals surface area contributed by atoms with Gasteiger partial charge in [0.2, 0.25) is 5.95 Å². The van der Waals surface area contributed by atoms with Gasteiger partial charge in [-0.15, -0.1) is 0 Å². The molecular formula is C14H24N6O2. The lowest BCUT2D eigenvalue weighted by Crippen LogP contribution is -2.50. The van der Waals surface area contributed by atoms with Crippen LogP contribution in [0.1, 0.15) is 26.5 Å². The van der Waals surface area contributed by atoms with Crippen LogP contribution in [0.15, 0.2) is 0 Å². The molecule has 0 radical (unpaired) electrons. The number of ether oxygens (including phenoxy) is 1. The van der Waals surface area contributed by atoms with Gasteiger partial charge in [0.15, 0.2) is 5.82 Å². The molecule has 1 amide bonds. The zero-order valence-corrected chi connectivity index (χ0v) is 13.6. The van der Waals surface area contributed by atoms with Gasteiger partial charge in [-0.1, -0.05) is 0 Å². The predicted molar refractivity (Wildman–Crippen MR) is 85.6 cm³/mol. The van der Waals surface area contributed by atoms with Crippen LogP contribution in [0.4, 0.5) is 22.2 Å². The maximum absolute atomic E-state index is 12.0. The summed E-state index contributed by atoms with van der Waals surface area (Å²) in [6, 6.07) is 0. The Hall–Kier alpha value is -2.25. The minimum atomic E-state index is -0.486. The molecule has 4 N–H and O–H groups in total. The normalized spacial score (nSPS) is 15.8. The molecule has 1 fully saturated rings. The minimum Gasteiger partial charge on any atom is -0.444 e. The largest absolute Gasteiger partial charge is 0.444 e. The van der Waals surface area contributed by atoms with Crippen molar-refractivity contribution >= 4 is 23.5 Å². The molecule has 0 bridgehead atoms. The zero-order valence-electron chi connectivity index (χ0n) is 13.6. The van der Waals surface area contributed by atoms with E-state index in [0.29, 0.717) is 43.5 Å². The molecule has 122 valence electrons. The van der Waals surface area contributed by atoms with Crippen molar-refractivity contribution in [1.82, 2.24) is 14.9 Å². The average molecular weight is 308 g/mol. The van der Waals surface area contributed by atoms with E-state index in [-0.39, 0.29) is 11.9 Å². The highest BCUT2D eigenvalue weighted by atomic mass is 16.6. The first-order valence-electron chi connectivity index (χ1n) is 7.30. The van der Waals surface area contributed by atoms with Crippen LogP contribution in [-0.2, 0) is 4.74 Å². The lowest BCUT2D eigenvalue weighted by atomic mass is 10.2. The van der Waals surface area contributed by atoms with E-state index in [1.165, 1.54) is 0 Å². The van der Waals surface area contributed by atoms with E-state index in [4.69, 9.17) is 16.2 Å². The summed E-state index contributed by atoms with van der Waals surface area (Å²) in [6.07, 6.45) is -0.291. The molecule has 1 aliphatic heterocycles. The van der Waals surface area contributed by atoms with E-state index in [1.807, 2.05) is 25.7 Å². The van der Waals surface area contributed by atoms with Crippen LogP contribution < -0.4 is 16.4 Å². The van der Waals surface area contributed by atoms with Crippen molar-refractivity contribution < 1.29 is 9.53 Å². The summed E-state index contributed by atoms with van der Waals surface area (Å²) >= 11 is 0. The summed E-state index contributed by atoms with van der Waals surface area (Å²) in [7, 11) is 0. The number of nitrogens with two attached hydrogens (primary N) is 2. The number of hydrogen-bond acceptors (Lipinski definition) is 7. The smallest absolute Gasteiger partial charge is 0.410 e. The van der Waals surface area contributed by atoms with Gasteiger partial charge in [0.25, 0.3) is 0 Å². The summed E-state index contributed by atoms with van der Waals surface area (Å²) in [6.45, 7) is 9.74. The monoisotopic (exact) mass is 308 g/mol. The fourth-order valence-corrected chi connectivity index (χ4v) is 2.15. The van der Waals surface area contributed by atoms with E-state index in [9.17, 15) is 4.79 Å². The fraction of sp³-hybridized carbons (Fsp3) is 0.643. The molecule has 1 aliphatic rings. The first kappa shape index (κ1) is 16.1. The highest BCUT2D eigenvalue weighted by Crippen LogP contribution is 2.21. The van der Waals surface area contributed by atoms with Crippen molar-refractivity contribution in [2.45, 2.75) is 33.3 Å². The van der Waals surface area contributed by atoms with Gasteiger partial charge in [0.05, 0.1) is 11.4 Å². The molecule has 0 aromatic carbocycles. The zero-order chi connectivity index (χ0) is 16.5. The van der Waals surface area contributed by atoms with E-state index >= 15 is 0 Å². The Morgan fingerprint density at radius 3 is 2.23 bits per heavy atom. The summed E-state index contributed by atoms with van der Waals surface area (Å²) < 4.78 is 5.37. The highest BCUT2D eigenvalue weighted by molar-refractivity contribution is 5.68. The van der Waals surface area contributed by atoms with Gasteiger partial charge in [-0.05, 0) is 27.7 Å². The van der Waals surface area contributed by atoms with Crippen LogP contribution in [0.3, 0.4) is 0 Å². The molecule has 0 atom stereocenters. The molecule has 8 nitrogen and oxygen atoms in total. The Morgan fingerprint density at radius 1 is 1.14 bits per heavy atom. The average Bonchev–Trinajstić information content (AvgIpc) is 2.42. The molecule has 0 spiro atoms. The molecule has 2 rings (SSSR count). The van der Waals surface area contributed by atoms with E-state index < -0.39 is 5.60 Å². The van der Waals surface area contributed by atoms with E-state index in [1.54, 1.807) is 11.8 Å². The van der Waals surface area contributed by atoms with Crippen molar-refractivity contribution in [3.63, 3.8) is 0 Å². The Morgan fingerprint density at radius 2 is 1.73 bits per heavy atom. The summed E-state index contributed by atoms with van der Waals surface area (Å²) in [5, 5.41) is 0. The maximum atomic E-state index is 12.0. The SMILES string of the molecule is Cc1nc(N2CCN(C(=O)OC(C)(C)C)CC2)nc(N)c1N. The molecule has 0 unspecified atom stereocenters. The van der Waals surface area contributed by atoms with Crippen molar-refractivity contribution in [1.29, 1.82) is 0 Å². The molecule has 1 aromatic heterocycles. The van der Waals surface area contributed by atoms with Gasteiger partial charge in [0.1, 0.15) is 5.60 Å². The van der Waals surface area contributed by atoms with Gasteiger partial charge in [-0.25, -0.2) is 9.78 Å². The van der Waals surface area contributed by atoms with Gasteiger partial charge >= 0.3 is 6.09 Å². The summed E-state index contributed by atoms with van der Waals surface area (Å²) in [4.78, 5) is 24.3. The van der Waals surface area contributed by atoms with Crippen LogP contribution in [-0.4, -0.2) is 52.7 Å². The second kappa shape index (κ2) is 5.86. The predicted octanol–water partition coefficient (Wildman–Crippen LogP) is 1.01. The van der Waals surface area contributed by atoms with E-state index in [0.717, 1.165) is 0 Å². The first-order valence-corrected chi connectivity index (χ1v) is 7.30. The number of hydrogen-bond donors (Lipinski definition) is 2. The van der Waals surface area contributed by atoms with Gasteiger partial charge in [0, 0.05) is 26.2 Å². The molecule has 8 heteroatoms. The van der Waals surface area contributed by atoms with Crippen molar-refractivity contribution in [2.24, 2.45) is 0 Å². The minimum absolute atomic E-state index is 0.289. The highest BCUT2D eigenvalue weighted by Gasteiger charge is 2.27. The van der Waals surface area contributed by atoms with Crippen LogP contribution in [0, 0.1) is 6.92 Å². The number of nitrogens with zero attached hydrogens (tertiary/aromatic N) is 4. The first-order chi connectivity index (χ1) is 10.2. The third-order valence-corrected chi connectivity index (χ3v) is 3.37. The van der Waals surface area contributed by atoms with Gasteiger partial charge in [-0.3, -0.25) is 0 Å². The number of rotatable bonds is 1. The second-order valence-corrected chi connectivity index (χ2v) is 6.36. The Bertz CT molecular complexity index is 538. The third-order valence-electron chi connectivity index (χ3n) is 3.37. The number of aryl methyl sites for hydroxylation is 1. The van der Waals surface area contributed by atoms with Crippen LogP contribution >= 0.6 is 0 Å². The summed E-state index contributed by atoms with van der Waals surface area (Å²) in [5.74, 6) is 0.838. The number of carbonyl (C=O) groups excluding carboxylic acids is 1. The standard InChI is InChI=1S/C14H24N6O2/c1-9-10(15)11(16)18-12(17-9)19-5-7-20(8-6-19)13(21)22-14(2,3)4/h5-8,15H2,1-4H3,(H2,16,17,18). The lowest BCUT2D eigenvalue weighted by molar-refractivity contribution is 0.0240. The number of amides is 1. The molecule has 2 heterocycles.